The number of hydrogen-bond acceptors (Lipinski definition) is 7. The van der Waals surface area contributed by atoms with Gasteiger partial charge < -0.3 is 18.9 Å². The van der Waals surface area contributed by atoms with Crippen molar-refractivity contribution in [1.29, 1.82) is 0 Å². The Morgan fingerprint density at radius 3 is 2.55 bits per heavy atom. The van der Waals surface area contributed by atoms with E-state index < -0.39 is 5.60 Å². The van der Waals surface area contributed by atoms with Crippen molar-refractivity contribution in [3.05, 3.63) is 11.7 Å². The lowest BCUT2D eigenvalue weighted by Gasteiger charge is -2.25. The zero-order chi connectivity index (χ0) is 22.3. The van der Waals surface area contributed by atoms with Gasteiger partial charge in [-0.15, -0.1) is 0 Å². The zero-order valence-electron chi connectivity index (χ0n) is 19.2. The van der Waals surface area contributed by atoms with Gasteiger partial charge in [-0.05, 0) is 33.1 Å². The number of carbonyl (C=O) groups excluding carboxylic acids is 2. The van der Waals surface area contributed by atoms with E-state index in [4.69, 9.17) is 14.0 Å². The minimum absolute atomic E-state index is 0.0540. The number of esters is 1. The minimum atomic E-state index is -0.546. The van der Waals surface area contributed by atoms with E-state index in [-0.39, 0.29) is 30.0 Å². The largest absolute Gasteiger partial charge is 0.460 e. The first-order valence-corrected chi connectivity index (χ1v) is 11.7. The molecular weight excluding hydrogens is 398 g/mol. The Bertz CT molecular complexity index is 715. The summed E-state index contributed by atoms with van der Waals surface area (Å²) in [4.78, 5) is 31.2. The number of carbonyl (C=O) groups is 2. The molecule has 0 bridgehead atoms. The molecule has 2 aliphatic rings. The predicted molar refractivity (Wildman–Crippen MR) is 115 cm³/mol. The molecule has 1 amide bonds. The van der Waals surface area contributed by atoms with Crippen molar-refractivity contribution in [2.75, 3.05) is 26.3 Å². The Morgan fingerprint density at radius 2 is 1.87 bits per heavy atom. The van der Waals surface area contributed by atoms with Crippen LogP contribution < -0.4 is 0 Å². The van der Waals surface area contributed by atoms with Crippen molar-refractivity contribution in [2.24, 2.45) is 5.92 Å². The summed E-state index contributed by atoms with van der Waals surface area (Å²) in [5.41, 5.74) is -0.546. The Balaban J connectivity index is 1.63. The molecule has 1 aliphatic heterocycles. The van der Waals surface area contributed by atoms with Crippen LogP contribution in [-0.4, -0.2) is 58.8 Å². The van der Waals surface area contributed by atoms with E-state index in [1.807, 2.05) is 20.8 Å². The second kappa shape index (κ2) is 11.1. The van der Waals surface area contributed by atoms with Gasteiger partial charge in [0.1, 0.15) is 5.60 Å². The lowest BCUT2D eigenvalue weighted by molar-refractivity contribution is -0.155. The standard InChI is InChI=1S/C23H37N3O5/c1-23(2,3)30-19(27)16-18(11-7-10-17-8-5-4-6-9-17)21-24-20(25-31-21)22(28)26-12-14-29-15-13-26/h17-18H,4-16H2,1-3H3/t18-/m1/s1. The maximum absolute atomic E-state index is 12.7. The van der Waals surface area contributed by atoms with Crippen molar-refractivity contribution < 1.29 is 23.6 Å². The molecule has 8 nitrogen and oxygen atoms in total. The van der Waals surface area contributed by atoms with Crippen molar-refractivity contribution >= 4 is 11.9 Å². The smallest absolute Gasteiger partial charge is 0.307 e. The summed E-state index contributed by atoms with van der Waals surface area (Å²) in [6.07, 6.45) is 9.68. The Hall–Kier alpha value is -1.96. The fraction of sp³-hybridized carbons (Fsp3) is 0.826. The predicted octanol–water partition coefficient (Wildman–Crippen LogP) is 4.11. The Kier molecular flexibility index (Phi) is 8.46. The fourth-order valence-corrected chi connectivity index (χ4v) is 4.42. The molecule has 2 fully saturated rings. The van der Waals surface area contributed by atoms with E-state index in [2.05, 4.69) is 10.1 Å². The molecule has 1 aromatic heterocycles. The van der Waals surface area contributed by atoms with Crippen LogP contribution in [0.3, 0.4) is 0 Å². The van der Waals surface area contributed by atoms with Gasteiger partial charge in [0.05, 0.1) is 19.6 Å². The van der Waals surface area contributed by atoms with Gasteiger partial charge in [-0.25, -0.2) is 0 Å². The van der Waals surface area contributed by atoms with Gasteiger partial charge in [0.15, 0.2) is 0 Å². The van der Waals surface area contributed by atoms with E-state index >= 15 is 0 Å². The minimum Gasteiger partial charge on any atom is -0.460 e. The Labute approximate surface area is 185 Å². The molecule has 1 atom stereocenters. The average molecular weight is 436 g/mol. The summed E-state index contributed by atoms with van der Waals surface area (Å²) in [7, 11) is 0. The summed E-state index contributed by atoms with van der Waals surface area (Å²) < 4.78 is 16.3. The first-order chi connectivity index (χ1) is 14.8. The third kappa shape index (κ3) is 7.59. The van der Waals surface area contributed by atoms with Crippen molar-refractivity contribution in [2.45, 2.75) is 90.1 Å². The second-order valence-corrected chi connectivity index (χ2v) is 9.78. The number of ether oxygens (including phenoxy) is 2. The number of morpholine rings is 1. The van der Waals surface area contributed by atoms with Crippen LogP contribution in [-0.2, 0) is 14.3 Å². The van der Waals surface area contributed by atoms with Crippen LogP contribution in [0.4, 0.5) is 0 Å². The zero-order valence-corrected chi connectivity index (χ0v) is 19.2. The van der Waals surface area contributed by atoms with Gasteiger partial charge in [0.2, 0.25) is 5.89 Å². The van der Waals surface area contributed by atoms with Crippen LogP contribution in [0, 0.1) is 5.92 Å². The molecule has 1 saturated heterocycles. The molecule has 0 unspecified atom stereocenters. The monoisotopic (exact) mass is 435 g/mol. The summed E-state index contributed by atoms with van der Waals surface area (Å²) in [6, 6.07) is 0. The van der Waals surface area contributed by atoms with Gasteiger partial charge in [-0.3, -0.25) is 9.59 Å². The van der Waals surface area contributed by atoms with E-state index in [0.717, 1.165) is 25.2 Å². The number of hydrogen-bond donors (Lipinski definition) is 0. The third-order valence-corrected chi connectivity index (χ3v) is 6.00. The maximum atomic E-state index is 12.7. The van der Waals surface area contributed by atoms with Crippen LogP contribution in [0.5, 0.6) is 0 Å². The molecule has 3 rings (SSSR count). The quantitative estimate of drug-likeness (QED) is 0.567. The SMILES string of the molecule is CC(C)(C)OC(=O)C[C@@H](CCCC1CCCCC1)c1nc(C(=O)N2CCOCC2)no1. The maximum Gasteiger partial charge on any atom is 0.307 e. The van der Waals surface area contributed by atoms with Gasteiger partial charge in [0, 0.05) is 19.0 Å². The summed E-state index contributed by atoms with van der Waals surface area (Å²) in [6.45, 7) is 7.63. The molecule has 0 spiro atoms. The van der Waals surface area contributed by atoms with E-state index in [9.17, 15) is 9.59 Å². The highest BCUT2D eigenvalue weighted by molar-refractivity contribution is 5.90. The van der Waals surface area contributed by atoms with Gasteiger partial charge in [0.25, 0.3) is 11.7 Å². The normalized spacial score (nSPS) is 19.3. The lowest BCUT2D eigenvalue weighted by Crippen LogP contribution is -2.41. The highest BCUT2D eigenvalue weighted by Crippen LogP contribution is 2.31. The third-order valence-electron chi connectivity index (χ3n) is 6.00. The van der Waals surface area contributed by atoms with Gasteiger partial charge in [-0.1, -0.05) is 50.1 Å². The molecule has 0 aromatic carbocycles. The lowest BCUT2D eigenvalue weighted by atomic mass is 9.84. The number of aromatic nitrogens is 2. The molecule has 1 saturated carbocycles. The highest BCUT2D eigenvalue weighted by atomic mass is 16.6. The van der Waals surface area contributed by atoms with Crippen molar-refractivity contribution in [3.63, 3.8) is 0 Å². The van der Waals surface area contributed by atoms with Crippen LogP contribution in [0.15, 0.2) is 4.52 Å². The molecule has 31 heavy (non-hydrogen) atoms. The van der Waals surface area contributed by atoms with Gasteiger partial charge >= 0.3 is 5.97 Å². The van der Waals surface area contributed by atoms with E-state index in [0.29, 0.717) is 32.2 Å². The highest BCUT2D eigenvalue weighted by Gasteiger charge is 2.29. The van der Waals surface area contributed by atoms with Gasteiger partial charge in [-0.2, -0.15) is 4.98 Å². The summed E-state index contributed by atoms with van der Waals surface area (Å²) in [5, 5.41) is 3.92. The molecule has 174 valence electrons. The number of nitrogens with zero attached hydrogens (tertiary/aromatic N) is 3. The summed E-state index contributed by atoms with van der Waals surface area (Å²) >= 11 is 0. The first-order valence-electron chi connectivity index (χ1n) is 11.7. The van der Waals surface area contributed by atoms with Crippen LogP contribution in [0.2, 0.25) is 0 Å². The molecule has 0 radical (unpaired) electrons. The molecule has 1 aromatic rings. The molecule has 2 heterocycles. The second-order valence-electron chi connectivity index (χ2n) is 9.78. The number of amides is 1. The van der Waals surface area contributed by atoms with E-state index in [1.165, 1.54) is 32.1 Å². The summed E-state index contributed by atoms with van der Waals surface area (Å²) in [5.74, 6) is 0.407. The molecule has 8 heteroatoms. The Morgan fingerprint density at radius 1 is 1.16 bits per heavy atom. The first kappa shape index (κ1) is 23.7. The van der Waals surface area contributed by atoms with E-state index in [1.54, 1.807) is 4.90 Å². The van der Waals surface area contributed by atoms with Crippen LogP contribution in [0.1, 0.15) is 101 Å². The van der Waals surface area contributed by atoms with Crippen molar-refractivity contribution in [3.8, 4) is 0 Å². The molecule has 1 aliphatic carbocycles. The number of rotatable bonds is 8. The average Bonchev–Trinajstić information content (AvgIpc) is 3.23. The molecule has 0 N–H and O–H groups in total. The molecular formula is C23H37N3O5. The fourth-order valence-electron chi connectivity index (χ4n) is 4.42. The van der Waals surface area contributed by atoms with Crippen LogP contribution >= 0.6 is 0 Å². The van der Waals surface area contributed by atoms with Crippen LogP contribution in [0.25, 0.3) is 0 Å². The topological polar surface area (TPSA) is 94.8 Å². The van der Waals surface area contributed by atoms with Crippen molar-refractivity contribution in [1.82, 2.24) is 15.0 Å².